The first-order valence-corrected chi connectivity index (χ1v) is 7.01. The van der Waals surface area contributed by atoms with Crippen molar-refractivity contribution in [3.63, 3.8) is 0 Å². The predicted molar refractivity (Wildman–Crippen MR) is 72.7 cm³/mol. The maximum atomic E-state index is 11.6. The van der Waals surface area contributed by atoms with E-state index in [9.17, 15) is 14.7 Å². The third kappa shape index (κ3) is 4.41. The van der Waals surface area contributed by atoms with Gasteiger partial charge in [0.05, 0.1) is 0 Å². The number of rotatable bonds is 6. The van der Waals surface area contributed by atoms with Crippen LogP contribution in [0.3, 0.4) is 0 Å². The zero-order valence-corrected chi connectivity index (χ0v) is 11.3. The summed E-state index contributed by atoms with van der Waals surface area (Å²) in [6, 6.07) is 6.18. The molecule has 1 rings (SSSR count). The third-order valence-corrected chi connectivity index (χ3v) is 3.07. The van der Waals surface area contributed by atoms with Gasteiger partial charge in [0.15, 0.2) is 6.04 Å². The summed E-state index contributed by atoms with van der Waals surface area (Å²) in [5.74, 6) is -0.595. The van der Waals surface area contributed by atoms with Crippen LogP contribution in [-0.4, -0.2) is 29.0 Å². The molecule has 0 aliphatic heterocycles. The van der Waals surface area contributed by atoms with Gasteiger partial charge in [-0.1, -0.05) is 29.8 Å². The molecule has 0 aliphatic rings. The van der Waals surface area contributed by atoms with Crippen molar-refractivity contribution >= 4 is 23.6 Å². The summed E-state index contributed by atoms with van der Waals surface area (Å²) in [7, 11) is 0. The molecule has 0 saturated heterocycles. The highest BCUT2D eigenvalue weighted by molar-refractivity contribution is 7.98. The van der Waals surface area contributed by atoms with Crippen molar-refractivity contribution in [3.05, 3.63) is 35.4 Å². The van der Waals surface area contributed by atoms with E-state index in [0.717, 1.165) is 5.56 Å². The first-order chi connectivity index (χ1) is 8.54. The lowest BCUT2D eigenvalue weighted by molar-refractivity contribution is -0.142. The SMILES string of the molecule is CSCCC(=O)N[C@@H](C(=O)O)c1cccc(C)c1. The fourth-order valence-electron chi connectivity index (χ4n) is 1.57. The van der Waals surface area contributed by atoms with E-state index in [-0.39, 0.29) is 5.91 Å². The Bertz CT molecular complexity index is 434. The average Bonchev–Trinajstić information content (AvgIpc) is 2.33. The number of aliphatic carboxylic acids is 1. The summed E-state index contributed by atoms with van der Waals surface area (Å²) in [5.41, 5.74) is 1.57. The minimum Gasteiger partial charge on any atom is -0.479 e. The van der Waals surface area contributed by atoms with Crippen molar-refractivity contribution in [1.29, 1.82) is 0 Å². The number of benzene rings is 1. The quantitative estimate of drug-likeness (QED) is 0.827. The first-order valence-electron chi connectivity index (χ1n) is 5.62. The molecule has 1 aromatic rings. The Balaban J connectivity index is 2.77. The van der Waals surface area contributed by atoms with Gasteiger partial charge < -0.3 is 10.4 Å². The molecule has 5 heteroatoms. The van der Waals surface area contributed by atoms with Crippen LogP contribution >= 0.6 is 11.8 Å². The van der Waals surface area contributed by atoms with Crippen LogP contribution in [0.1, 0.15) is 23.6 Å². The van der Waals surface area contributed by atoms with E-state index >= 15 is 0 Å². The standard InChI is InChI=1S/C13H17NO3S/c1-9-4-3-5-10(8-9)12(13(16)17)14-11(15)6-7-18-2/h3-5,8,12H,6-7H2,1-2H3,(H,14,15)(H,16,17)/t12-/m1/s1. The Hall–Kier alpha value is -1.49. The van der Waals surface area contributed by atoms with Crippen LogP contribution in [0.4, 0.5) is 0 Å². The highest BCUT2D eigenvalue weighted by Crippen LogP contribution is 2.15. The highest BCUT2D eigenvalue weighted by Gasteiger charge is 2.21. The lowest BCUT2D eigenvalue weighted by Crippen LogP contribution is -2.33. The van der Waals surface area contributed by atoms with E-state index < -0.39 is 12.0 Å². The number of carbonyl (C=O) groups is 2. The van der Waals surface area contributed by atoms with Crippen LogP contribution in [0.15, 0.2) is 24.3 Å². The lowest BCUT2D eigenvalue weighted by atomic mass is 10.0. The fraction of sp³-hybridized carbons (Fsp3) is 0.385. The molecule has 18 heavy (non-hydrogen) atoms. The molecule has 4 nitrogen and oxygen atoms in total. The number of hydrogen-bond donors (Lipinski definition) is 2. The van der Waals surface area contributed by atoms with E-state index in [1.165, 1.54) is 0 Å². The molecule has 2 N–H and O–H groups in total. The van der Waals surface area contributed by atoms with Gasteiger partial charge in [-0.15, -0.1) is 0 Å². The molecule has 0 aliphatic carbocycles. The highest BCUT2D eigenvalue weighted by atomic mass is 32.2. The van der Waals surface area contributed by atoms with Crippen LogP contribution in [0.25, 0.3) is 0 Å². The lowest BCUT2D eigenvalue weighted by Gasteiger charge is -2.15. The molecule has 0 spiro atoms. The van der Waals surface area contributed by atoms with Gasteiger partial charge >= 0.3 is 5.97 Å². The molecule has 98 valence electrons. The minimum atomic E-state index is -1.04. The summed E-state index contributed by atoms with van der Waals surface area (Å²) in [5, 5.41) is 11.7. The van der Waals surface area contributed by atoms with Gasteiger partial charge in [0.25, 0.3) is 0 Å². The molecule has 1 atom stereocenters. The zero-order chi connectivity index (χ0) is 13.5. The Labute approximate surface area is 111 Å². The van der Waals surface area contributed by atoms with Crippen molar-refractivity contribution in [3.8, 4) is 0 Å². The zero-order valence-electron chi connectivity index (χ0n) is 10.5. The van der Waals surface area contributed by atoms with Gasteiger partial charge in [0.2, 0.25) is 5.91 Å². The van der Waals surface area contributed by atoms with Crippen molar-refractivity contribution in [2.24, 2.45) is 0 Å². The predicted octanol–water partition coefficient (Wildman–Crippen LogP) is 1.99. The number of hydrogen-bond acceptors (Lipinski definition) is 3. The average molecular weight is 267 g/mol. The van der Waals surface area contributed by atoms with Gasteiger partial charge in [-0.25, -0.2) is 4.79 Å². The summed E-state index contributed by atoms with van der Waals surface area (Å²) >= 11 is 1.56. The van der Waals surface area contributed by atoms with Crippen LogP contribution in [0.5, 0.6) is 0 Å². The Kier molecular flexibility index (Phi) is 5.71. The van der Waals surface area contributed by atoms with Crippen LogP contribution in [-0.2, 0) is 9.59 Å². The van der Waals surface area contributed by atoms with Gasteiger partial charge in [-0.3, -0.25) is 4.79 Å². The monoisotopic (exact) mass is 267 g/mol. The van der Waals surface area contributed by atoms with Crippen LogP contribution in [0, 0.1) is 6.92 Å². The maximum absolute atomic E-state index is 11.6. The maximum Gasteiger partial charge on any atom is 0.330 e. The second-order valence-corrected chi connectivity index (χ2v) is 4.98. The van der Waals surface area contributed by atoms with Gasteiger partial charge in [0, 0.05) is 12.2 Å². The summed E-state index contributed by atoms with van der Waals surface area (Å²) < 4.78 is 0. The smallest absolute Gasteiger partial charge is 0.330 e. The number of carboxylic acids is 1. The van der Waals surface area contributed by atoms with Gasteiger partial charge in [-0.2, -0.15) is 11.8 Å². The number of aryl methyl sites for hydroxylation is 1. The molecule has 1 amide bonds. The van der Waals surface area contributed by atoms with E-state index in [2.05, 4.69) is 5.32 Å². The number of thioether (sulfide) groups is 1. The summed E-state index contributed by atoms with van der Waals surface area (Å²) in [6.07, 6.45) is 2.24. The molecule has 0 radical (unpaired) electrons. The summed E-state index contributed by atoms with van der Waals surface area (Å²) in [4.78, 5) is 22.8. The van der Waals surface area contributed by atoms with E-state index in [1.807, 2.05) is 19.2 Å². The van der Waals surface area contributed by atoms with Gasteiger partial charge in [0.1, 0.15) is 0 Å². The second kappa shape index (κ2) is 7.06. The topological polar surface area (TPSA) is 66.4 Å². The number of carbonyl (C=O) groups excluding carboxylic acids is 1. The van der Waals surface area contributed by atoms with E-state index in [0.29, 0.717) is 17.7 Å². The number of carboxylic acid groups (broad SMARTS) is 1. The third-order valence-electron chi connectivity index (χ3n) is 2.46. The molecule has 0 bridgehead atoms. The molecular formula is C13H17NO3S. The van der Waals surface area contributed by atoms with Crippen molar-refractivity contribution in [2.45, 2.75) is 19.4 Å². The van der Waals surface area contributed by atoms with E-state index in [4.69, 9.17) is 0 Å². The Morgan fingerprint density at radius 1 is 1.44 bits per heavy atom. The molecule has 0 heterocycles. The van der Waals surface area contributed by atoms with Crippen molar-refractivity contribution < 1.29 is 14.7 Å². The first kappa shape index (κ1) is 14.6. The Morgan fingerprint density at radius 3 is 2.72 bits per heavy atom. The Morgan fingerprint density at radius 2 is 2.17 bits per heavy atom. The second-order valence-electron chi connectivity index (χ2n) is 4.00. The molecule has 0 unspecified atom stereocenters. The molecule has 0 fully saturated rings. The van der Waals surface area contributed by atoms with Crippen molar-refractivity contribution in [2.75, 3.05) is 12.0 Å². The minimum absolute atomic E-state index is 0.238. The fourth-order valence-corrected chi connectivity index (χ4v) is 1.95. The van der Waals surface area contributed by atoms with Crippen LogP contribution < -0.4 is 5.32 Å². The molecule has 0 aromatic heterocycles. The number of nitrogens with one attached hydrogen (secondary N) is 1. The van der Waals surface area contributed by atoms with E-state index in [1.54, 1.807) is 30.0 Å². The normalized spacial score (nSPS) is 11.9. The molecular weight excluding hydrogens is 250 g/mol. The van der Waals surface area contributed by atoms with Crippen molar-refractivity contribution in [1.82, 2.24) is 5.32 Å². The largest absolute Gasteiger partial charge is 0.479 e. The summed E-state index contributed by atoms with van der Waals surface area (Å²) in [6.45, 7) is 1.89. The van der Waals surface area contributed by atoms with Crippen LogP contribution in [0.2, 0.25) is 0 Å². The van der Waals surface area contributed by atoms with Gasteiger partial charge in [-0.05, 0) is 18.7 Å². The molecule has 1 aromatic carbocycles. The molecule has 0 saturated carbocycles. The number of amides is 1.